The van der Waals surface area contributed by atoms with E-state index >= 15 is 0 Å². The van der Waals surface area contributed by atoms with Gasteiger partial charge in [0.2, 0.25) is 11.8 Å². The van der Waals surface area contributed by atoms with Crippen molar-refractivity contribution < 1.29 is 9.59 Å². The zero-order chi connectivity index (χ0) is 19.9. The second kappa shape index (κ2) is 12.5. The third-order valence-electron chi connectivity index (χ3n) is 5.06. The summed E-state index contributed by atoms with van der Waals surface area (Å²) >= 11 is 0. The molecule has 3 rings (SSSR count). The van der Waals surface area contributed by atoms with Gasteiger partial charge in [0.25, 0.3) is 0 Å². The van der Waals surface area contributed by atoms with Gasteiger partial charge >= 0.3 is 0 Å². The monoisotopic (exact) mass is 452 g/mol. The highest BCUT2D eigenvalue weighted by Gasteiger charge is 2.19. The quantitative estimate of drug-likeness (QED) is 0.705. The lowest BCUT2D eigenvalue weighted by molar-refractivity contribution is -0.132. The zero-order valence-electron chi connectivity index (χ0n) is 17.1. The molecule has 3 N–H and O–H groups in total. The smallest absolute Gasteiger partial charge is 0.227 e. The summed E-state index contributed by atoms with van der Waals surface area (Å²) in [5.74, 6) is -0.0124. The molecule has 0 aromatic heterocycles. The summed E-state index contributed by atoms with van der Waals surface area (Å²) in [4.78, 5) is 29.0. The van der Waals surface area contributed by atoms with Crippen LogP contribution < -0.4 is 11.1 Å². The molecule has 1 aliphatic heterocycles. The first-order chi connectivity index (χ1) is 13.5. The number of hydrogen-bond acceptors (Lipinski definition) is 4. The van der Waals surface area contributed by atoms with E-state index in [1.807, 2.05) is 59.5 Å². The number of nitrogens with one attached hydrogen (secondary N) is 1. The van der Waals surface area contributed by atoms with Gasteiger partial charge in [-0.2, -0.15) is 0 Å². The lowest BCUT2D eigenvalue weighted by Gasteiger charge is -2.32. The maximum absolute atomic E-state index is 12.5. The van der Waals surface area contributed by atoms with Crippen LogP contribution in [0.4, 0.5) is 5.69 Å². The average molecular weight is 453 g/mol. The fourth-order valence-electron chi connectivity index (χ4n) is 3.33. The summed E-state index contributed by atoms with van der Waals surface area (Å²) < 4.78 is 0. The molecule has 2 amide bonds. The molecule has 0 radical (unpaired) electrons. The van der Waals surface area contributed by atoms with E-state index in [-0.39, 0.29) is 49.1 Å². The molecule has 2 aromatic rings. The zero-order valence-corrected chi connectivity index (χ0v) is 18.8. The minimum absolute atomic E-state index is 0. The van der Waals surface area contributed by atoms with Gasteiger partial charge in [0.05, 0.1) is 6.42 Å². The lowest BCUT2D eigenvalue weighted by atomic mass is 10.0. The highest BCUT2D eigenvalue weighted by atomic mass is 35.5. The van der Waals surface area contributed by atoms with Crippen molar-refractivity contribution in [2.24, 2.45) is 5.73 Å². The van der Waals surface area contributed by atoms with E-state index in [9.17, 15) is 9.59 Å². The van der Waals surface area contributed by atoms with Crippen molar-refractivity contribution in [1.82, 2.24) is 9.80 Å². The summed E-state index contributed by atoms with van der Waals surface area (Å²) in [6, 6.07) is 16.7. The van der Waals surface area contributed by atoms with Gasteiger partial charge in [0, 0.05) is 44.3 Å². The van der Waals surface area contributed by atoms with Gasteiger partial charge < -0.3 is 20.9 Å². The van der Waals surface area contributed by atoms with E-state index < -0.39 is 0 Å². The number of anilines is 1. The Hall–Kier alpha value is -2.12. The van der Waals surface area contributed by atoms with E-state index in [4.69, 9.17) is 5.73 Å². The van der Waals surface area contributed by atoms with Gasteiger partial charge in [-0.05, 0) is 30.3 Å². The highest BCUT2D eigenvalue weighted by Crippen LogP contribution is 2.17. The second-order valence-corrected chi connectivity index (χ2v) is 7.33. The fraction of sp³-hybridized carbons (Fsp3) is 0.364. The summed E-state index contributed by atoms with van der Waals surface area (Å²) in [7, 11) is 2.07. The van der Waals surface area contributed by atoms with Crippen LogP contribution in [0.3, 0.4) is 0 Å². The number of hydrogen-bond donors (Lipinski definition) is 2. The second-order valence-electron chi connectivity index (χ2n) is 7.33. The maximum atomic E-state index is 12.5. The Labute approximate surface area is 190 Å². The van der Waals surface area contributed by atoms with E-state index in [1.54, 1.807) is 0 Å². The van der Waals surface area contributed by atoms with E-state index in [1.165, 1.54) is 0 Å². The van der Waals surface area contributed by atoms with Gasteiger partial charge in [-0.1, -0.05) is 42.5 Å². The number of benzene rings is 2. The van der Waals surface area contributed by atoms with Crippen molar-refractivity contribution in [1.29, 1.82) is 0 Å². The van der Waals surface area contributed by atoms with Crippen molar-refractivity contribution in [2.45, 2.75) is 18.9 Å². The largest absolute Gasteiger partial charge is 0.340 e. The molecule has 1 unspecified atom stereocenters. The number of amides is 2. The van der Waals surface area contributed by atoms with Crippen LogP contribution in [-0.2, 0) is 16.0 Å². The molecule has 0 bridgehead atoms. The predicted molar refractivity (Wildman–Crippen MR) is 125 cm³/mol. The molecule has 2 aromatic carbocycles. The molecule has 164 valence electrons. The normalized spacial score (nSPS) is 14.8. The van der Waals surface area contributed by atoms with Crippen molar-refractivity contribution in [2.75, 3.05) is 38.5 Å². The number of rotatable bonds is 6. The van der Waals surface area contributed by atoms with Crippen molar-refractivity contribution >= 4 is 42.3 Å². The third kappa shape index (κ3) is 7.61. The van der Waals surface area contributed by atoms with Crippen molar-refractivity contribution in [3.63, 3.8) is 0 Å². The van der Waals surface area contributed by atoms with Crippen LogP contribution in [0.5, 0.6) is 0 Å². The molecule has 6 nitrogen and oxygen atoms in total. The van der Waals surface area contributed by atoms with Gasteiger partial charge in [-0.15, -0.1) is 24.8 Å². The Kier molecular flexibility index (Phi) is 10.8. The molecule has 1 heterocycles. The Balaban J connectivity index is 0.00000225. The first kappa shape index (κ1) is 25.9. The Morgan fingerprint density at radius 3 is 2.33 bits per heavy atom. The molecule has 0 aliphatic carbocycles. The number of likely N-dealkylation sites (N-methyl/N-ethyl adjacent to an activating group) is 1. The number of nitrogens with two attached hydrogens (primary N) is 1. The Morgan fingerprint density at radius 1 is 1.00 bits per heavy atom. The molecule has 1 atom stereocenters. The van der Waals surface area contributed by atoms with Crippen LogP contribution in [0.2, 0.25) is 0 Å². The van der Waals surface area contributed by atoms with Gasteiger partial charge in [0.15, 0.2) is 0 Å². The number of nitrogens with zero attached hydrogens (tertiary/aromatic N) is 2. The Bertz CT molecular complexity index is 812. The van der Waals surface area contributed by atoms with Crippen LogP contribution in [0, 0.1) is 0 Å². The molecular formula is C22H30Cl2N4O2. The molecule has 0 spiro atoms. The van der Waals surface area contributed by atoms with Crippen LogP contribution in [-0.4, -0.2) is 54.8 Å². The average Bonchev–Trinajstić information content (AvgIpc) is 2.69. The highest BCUT2D eigenvalue weighted by molar-refractivity contribution is 5.91. The molecule has 30 heavy (non-hydrogen) atoms. The first-order valence-corrected chi connectivity index (χ1v) is 9.67. The first-order valence-electron chi connectivity index (χ1n) is 9.67. The predicted octanol–water partition coefficient (Wildman–Crippen LogP) is 2.88. The summed E-state index contributed by atoms with van der Waals surface area (Å²) in [6.07, 6.45) is 0.547. The van der Waals surface area contributed by atoms with Crippen molar-refractivity contribution in [3.05, 3.63) is 65.7 Å². The lowest BCUT2D eigenvalue weighted by Crippen LogP contribution is -2.47. The van der Waals surface area contributed by atoms with Crippen LogP contribution >= 0.6 is 24.8 Å². The molecule has 8 heteroatoms. The topological polar surface area (TPSA) is 78.7 Å². The minimum Gasteiger partial charge on any atom is -0.340 e. The van der Waals surface area contributed by atoms with Crippen LogP contribution in [0.15, 0.2) is 54.6 Å². The molecule has 1 saturated heterocycles. The molecule has 1 fully saturated rings. The number of halogens is 2. The summed E-state index contributed by atoms with van der Waals surface area (Å²) in [5.41, 5.74) is 8.64. The van der Waals surface area contributed by atoms with E-state index in [0.29, 0.717) is 12.1 Å². The fourth-order valence-corrected chi connectivity index (χ4v) is 3.33. The standard InChI is InChI=1S/C22H28N4O2.2ClH/c1-25-10-12-26(13-11-25)22(28)15-17-6-5-9-19(14-17)24-21(27)16-20(23)18-7-3-2-4-8-18;;/h2-9,14,20H,10-13,15-16,23H2,1H3,(H,24,27);2*1H. The Morgan fingerprint density at radius 2 is 1.67 bits per heavy atom. The van der Waals surface area contributed by atoms with E-state index in [0.717, 1.165) is 37.3 Å². The van der Waals surface area contributed by atoms with Gasteiger partial charge in [-0.25, -0.2) is 0 Å². The number of piperazine rings is 1. The van der Waals surface area contributed by atoms with E-state index in [2.05, 4.69) is 17.3 Å². The van der Waals surface area contributed by atoms with Crippen LogP contribution in [0.25, 0.3) is 0 Å². The number of carbonyl (C=O) groups excluding carboxylic acids is 2. The third-order valence-corrected chi connectivity index (χ3v) is 5.06. The molecular weight excluding hydrogens is 423 g/mol. The summed E-state index contributed by atoms with van der Waals surface area (Å²) in [5, 5.41) is 2.89. The number of carbonyl (C=O) groups is 2. The van der Waals surface area contributed by atoms with Crippen LogP contribution in [0.1, 0.15) is 23.6 Å². The SMILES string of the molecule is CN1CCN(C(=O)Cc2cccc(NC(=O)CC(N)c3ccccc3)c2)CC1.Cl.Cl. The molecule has 1 aliphatic rings. The summed E-state index contributed by atoms with van der Waals surface area (Å²) in [6.45, 7) is 3.35. The minimum atomic E-state index is -0.344. The van der Waals surface area contributed by atoms with Gasteiger partial charge in [-0.3, -0.25) is 9.59 Å². The van der Waals surface area contributed by atoms with Crippen molar-refractivity contribution in [3.8, 4) is 0 Å². The maximum Gasteiger partial charge on any atom is 0.227 e. The molecule has 0 saturated carbocycles. The van der Waals surface area contributed by atoms with Gasteiger partial charge in [0.1, 0.15) is 0 Å².